The van der Waals surface area contributed by atoms with Crippen molar-refractivity contribution in [2.24, 2.45) is 5.73 Å². The van der Waals surface area contributed by atoms with Crippen molar-refractivity contribution in [3.05, 3.63) is 30.1 Å². The number of thioether (sulfide) groups is 1. The molecule has 0 radical (unpaired) electrons. The SMILES string of the molecule is COCCOCC(OC)[C@@](N)(CCSC)C(O)(O)c1ccccn1. The van der Waals surface area contributed by atoms with Gasteiger partial charge in [0.1, 0.15) is 17.3 Å². The number of hydrogen-bond acceptors (Lipinski definition) is 8. The zero-order valence-corrected chi connectivity index (χ0v) is 15.3. The first-order valence-corrected chi connectivity index (χ1v) is 9.07. The molecule has 1 rings (SSSR count). The van der Waals surface area contributed by atoms with E-state index >= 15 is 0 Å². The van der Waals surface area contributed by atoms with Gasteiger partial charge in [-0.05, 0) is 30.6 Å². The molecule has 1 heterocycles. The summed E-state index contributed by atoms with van der Waals surface area (Å²) >= 11 is 1.56. The van der Waals surface area contributed by atoms with Gasteiger partial charge in [0.2, 0.25) is 5.79 Å². The van der Waals surface area contributed by atoms with E-state index in [1.165, 1.54) is 19.4 Å². The monoisotopic (exact) mass is 360 g/mol. The number of ether oxygens (including phenoxy) is 3. The number of methoxy groups -OCH3 is 2. The minimum absolute atomic E-state index is 0.0764. The van der Waals surface area contributed by atoms with Crippen LogP contribution in [0.5, 0.6) is 0 Å². The summed E-state index contributed by atoms with van der Waals surface area (Å²) in [6, 6.07) is 4.90. The van der Waals surface area contributed by atoms with Crippen LogP contribution in [0.25, 0.3) is 0 Å². The minimum Gasteiger partial charge on any atom is -0.382 e. The molecule has 0 saturated carbocycles. The zero-order chi connectivity index (χ0) is 18.1. The van der Waals surface area contributed by atoms with Crippen LogP contribution in [0.3, 0.4) is 0 Å². The van der Waals surface area contributed by atoms with E-state index in [1.54, 1.807) is 31.0 Å². The third-order valence-corrected chi connectivity index (χ3v) is 4.56. The summed E-state index contributed by atoms with van der Waals surface area (Å²) in [5.41, 5.74) is 5.06. The Balaban J connectivity index is 3.05. The van der Waals surface area contributed by atoms with Crippen LogP contribution in [-0.4, -0.2) is 72.9 Å². The molecule has 0 amide bonds. The Hall–Kier alpha value is -0.740. The first-order chi connectivity index (χ1) is 11.4. The average Bonchev–Trinajstić information content (AvgIpc) is 2.60. The van der Waals surface area contributed by atoms with E-state index < -0.39 is 17.4 Å². The number of aliphatic hydroxyl groups is 2. The van der Waals surface area contributed by atoms with Gasteiger partial charge in [0.25, 0.3) is 0 Å². The molecule has 0 aliphatic carbocycles. The van der Waals surface area contributed by atoms with Crippen LogP contribution < -0.4 is 5.73 Å². The summed E-state index contributed by atoms with van der Waals surface area (Å²) in [7, 11) is 3.05. The highest BCUT2D eigenvalue weighted by Gasteiger charge is 2.54. The van der Waals surface area contributed by atoms with Crippen LogP contribution in [0, 0.1) is 0 Å². The van der Waals surface area contributed by atoms with Gasteiger partial charge in [0, 0.05) is 20.4 Å². The van der Waals surface area contributed by atoms with Crippen LogP contribution in [0.2, 0.25) is 0 Å². The van der Waals surface area contributed by atoms with Crippen LogP contribution in [0.15, 0.2) is 24.4 Å². The average molecular weight is 360 g/mol. The quantitative estimate of drug-likeness (QED) is 0.362. The van der Waals surface area contributed by atoms with Gasteiger partial charge in [-0.25, -0.2) is 0 Å². The first kappa shape index (κ1) is 21.3. The van der Waals surface area contributed by atoms with Gasteiger partial charge >= 0.3 is 0 Å². The predicted molar refractivity (Wildman–Crippen MR) is 93.8 cm³/mol. The number of pyridine rings is 1. The number of hydrogen-bond donors (Lipinski definition) is 3. The molecule has 0 fully saturated rings. The number of nitrogens with two attached hydrogens (primary N) is 1. The van der Waals surface area contributed by atoms with Gasteiger partial charge in [-0.2, -0.15) is 11.8 Å². The van der Waals surface area contributed by atoms with E-state index in [0.29, 0.717) is 25.4 Å². The van der Waals surface area contributed by atoms with E-state index in [4.69, 9.17) is 19.9 Å². The van der Waals surface area contributed by atoms with Crippen LogP contribution in [0.4, 0.5) is 0 Å². The molecule has 138 valence electrons. The van der Waals surface area contributed by atoms with Crippen LogP contribution >= 0.6 is 11.8 Å². The second kappa shape index (κ2) is 10.3. The fraction of sp³-hybridized carbons (Fsp3) is 0.688. The lowest BCUT2D eigenvalue weighted by atomic mass is 9.79. The molecule has 7 nitrogen and oxygen atoms in total. The van der Waals surface area contributed by atoms with Crippen molar-refractivity contribution in [1.29, 1.82) is 0 Å². The molecule has 8 heteroatoms. The summed E-state index contributed by atoms with van der Waals surface area (Å²) in [6.45, 7) is 0.908. The fourth-order valence-corrected chi connectivity index (χ4v) is 2.94. The van der Waals surface area contributed by atoms with Crippen molar-refractivity contribution >= 4 is 11.8 Å². The van der Waals surface area contributed by atoms with Crippen molar-refractivity contribution in [2.75, 3.05) is 46.0 Å². The number of aromatic nitrogens is 1. The highest BCUT2D eigenvalue weighted by molar-refractivity contribution is 7.98. The molecule has 4 N–H and O–H groups in total. The third kappa shape index (κ3) is 5.13. The van der Waals surface area contributed by atoms with Gasteiger partial charge in [0.15, 0.2) is 0 Å². The Morgan fingerprint density at radius 1 is 1.29 bits per heavy atom. The van der Waals surface area contributed by atoms with Crippen molar-refractivity contribution in [3.8, 4) is 0 Å². The first-order valence-electron chi connectivity index (χ1n) is 7.67. The van der Waals surface area contributed by atoms with Gasteiger partial charge in [-0.3, -0.25) is 4.98 Å². The van der Waals surface area contributed by atoms with Gasteiger partial charge in [0.05, 0.1) is 19.8 Å². The summed E-state index contributed by atoms with van der Waals surface area (Å²) in [4.78, 5) is 4.05. The van der Waals surface area contributed by atoms with Crippen LogP contribution in [-0.2, 0) is 20.0 Å². The summed E-state index contributed by atoms with van der Waals surface area (Å²) < 4.78 is 15.9. The molecule has 0 spiro atoms. The standard InChI is InChI=1S/C16H28N2O5S/c1-21-9-10-23-12-14(22-2)15(17,7-11-24-3)16(19,20)13-6-4-5-8-18-13/h4-6,8,14,19-20H,7,9-12,17H2,1-3H3/t14?,15-/m0/s1. The predicted octanol–water partition coefficient (Wildman–Crippen LogP) is 0.348. The van der Waals surface area contributed by atoms with Crippen LogP contribution in [0.1, 0.15) is 12.1 Å². The van der Waals surface area contributed by atoms with E-state index in [9.17, 15) is 10.2 Å². The Labute approximate surface area is 147 Å². The van der Waals surface area contributed by atoms with Crippen molar-refractivity contribution in [1.82, 2.24) is 4.98 Å². The molecule has 2 atom stereocenters. The number of rotatable bonds is 12. The molecule has 0 saturated heterocycles. The smallest absolute Gasteiger partial charge is 0.228 e. The molecule has 0 aliphatic rings. The lowest BCUT2D eigenvalue weighted by Gasteiger charge is -2.44. The van der Waals surface area contributed by atoms with Gasteiger partial charge in [-0.15, -0.1) is 0 Å². The molecule has 0 aliphatic heterocycles. The maximum absolute atomic E-state index is 10.8. The fourth-order valence-electron chi connectivity index (χ4n) is 2.40. The molecular weight excluding hydrogens is 332 g/mol. The largest absolute Gasteiger partial charge is 0.382 e. The molecule has 0 bridgehead atoms. The lowest BCUT2D eigenvalue weighted by molar-refractivity contribution is -0.253. The van der Waals surface area contributed by atoms with Gasteiger partial charge in [-0.1, -0.05) is 6.07 Å². The second-order valence-corrected chi connectivity index (χ2v) is 6.45. The summed E-state index contributed by atoms with van der Waals surface area (Å²) in [5.74, 6) is -1.74. The van der Waals surface area contributed by atoms with Gasteiger partial charge < -0.3 is 30.2 Å². The topological polar surface area (TPSA) is 107 Å². The third-order valence-electron chi connectivity index (χ3n) is 3.95. The Morgan fingerprint density at radius 3 is 2.58 bits per heavy atom. The summed E-state index contributed by atoms with van der Waals surface area (Å²) in [6.07, 6.45) is 2.99. The number of nitrogens with zero attached hydrogens (tertiary/aromatic N) is 1. The minimum atomic E-state index is -2.37. The normalized spacial score (nSPS) is 15.9. The Morgan fingerprint density at radius 2 is 2.04 bits per heavy atom. The Bertz CT molecular complexity index is 463. The molecule has 0 aromatic carbocycles. The maximum atomic E-state index is 10.8. The Kier molecular flexibility index (Phi) is 9.14. The maximum Gasteiger partial charge on any atom is 0.228 e. The molecule has 24 heavy (non-hydrogen) atoms. The van der Waals surface area contributed by atoms with Crippen molar-refractivity contribution in [3.63, 3.8) is 0 Å². The zero-order valence-electron chi connectivity index (χ0n) is 14.5. The summed E-state index contributed by atoms with van der Waals surface area (Å²) in [5, 5.41) is 21.7. The molecule has 1 unspecified atom stereocenters. The second-order valence-electron chi connectivity index (χ2n) is 5.46. The van der Waals surface area contributed by atoms with E-state index in [1.807, 2.05) is 6.26 Å². The molecule has 1 aromatic heterocycles. The van der Waals surface area contributed by atoms with Crippen molar-refractivity contribution < 1.29 is 24.4 Å². The van der Waals surface area contributed by atoms with E-state index in [-0.39, 0.29) is 12.3 Å². The highest BCUT2D eigenvalue weighted by Crippen LogP contribution is 2.35. The molecular formula is C16H28N2O5S. The lowest BCUT2D eigenvalue weighted by Crippen LogP contribution is -2.67. The van der Waals surface area contributed by atoms with E-state index in [2.05, 4.69) is 4.98 Å². The highest BCUT2D eigenvalue weighted by atomic mass is 32.2. The molecule has 1 aromatic rings. The van der Waals surface area contributed by atoms with E-state index in [0.717, 1.165) is 0 Å². The van der Waals surface area contributed by atoms with Crippen molar-refractivity contribution in [2.45, 2.75) is 23.9 Å².